The minimum atomic E-state index is 0.711. The number of fused-ring (bicyclic) bond motifs is 3. The smallest absolute Gasteiger partial charge is 0.161 e. The Kier molecular flexibility index (Phi) is 6.82. The van der Waals surface area contributed by atoms with Crippen molar-refractivity contribution < 1.29 is 9.47 Å². The van der Waals surface area contributed by atoms with Gasteiger partial charge in [0.2, 0.25) is 0 Å². The number of hydrogen-bond acceptors (Lipinski definition) is 5. The largest absolute Gasteiger partial charge is 0.497 e. The maximum absolute atomic E-state index is 5.95. The molecule has 0 unspecified atom stereocenters. The number of rotatable bonds is 6. The maximum atomic E-state index is 5.95. The van der Waals surface area contributed by atoms with Crippen LogP contribution in [0, 0.1) is 5.92 Å². The summed E-state index contributed by atoms with van der Waals surface area (Å²) in [5.74, 6) is 2.73. The Labute approximate surface area is 192 Å². The molecule has 0 atom stereocenters. The molecule has 2 fully saturated rings. The molecule has 1 saturated heterocycles. The highest BCUT2D eigenvalue weighted by Crippen LogP contribution is 2.39. The van der Waals surface area contributed by atoms with Crippen molar-refractivity contribution in [2.75, 3.05) is 51.3 Å². The third-order valence-corrected chi connectivity index (χ3v) is 7.63. The van der Waals surface area contributed by atoms with E-state index in [2.05, 4.69) is 26.9 Å². The predicted molar refractivity (Wildman–Crippen MR) is 131 cm³/mol. The number of methoxy groups -OCH3 is 1. The Morgan fingerprint density at radius 3 is 2.78 bits per heavy atom. The number of aromatic nitrogens is 1. The van der Waals surface area contributed by atoms with Crippen LogP contribution in [0.15, 0.2) is 36.0 Å². The molecule has 1 aromatic heterocycles. The molecule has 0 bridgehead atoms. The standard InChI is InChI=1S/C27H37N3O2/c1-31-23-7-8-25-24(19-23)27-26(20-28-25)32-18-17-30(27)16-12-22-10-14-29(15-11-22)13-9-21-5-3-2-4-6-21/h7-8,12,19-21H,2-6,9-11,13-18H2,1H3. The summed E-state index contributed by atoms with van der Waals surface area (Å²) in [7, 11) is 1.71. The third kappa shape index (κ3) is 4.88. The lowest BCUT2D eigenvalue weighted by Gasteiger charge is -2.33. The van der Waals surface area contributed by atoms with E-state index in [0.717, 1.165) is 47.1 Å². The van der Waals surface area contributed by atoms with Gasteiger partial charge in [0.25, 0.3) is 0 Å². The van der Waals surface area contributed by atoms with Gasteiger partial charge in [-0.1, -0.05) is 43.8 Å². The summed E-state index contributed by atoms with van der Waals surface area (Å²) >= 11 is 0. The van der Waals surface area contributed by atoms with Gasteiger partial charge in [0.05, 0.1) is 31.1 Å². The average molecular weight is 436 g/mol. The minimum Gasteiger partial charge on any atom is -0.497 e. The highest BCUT2D eigenvalue weighted by atomic mass is 16.5. The fourth-order valence-corrected chi connectivity index (χ4v) is 5.61. The second-order valence-electron chi connectivity index (χ2n) is 9.65. The van der Waals surface area contributed by atoms with Crippen molar-refractivity contribution >= 4 is 16.6 Å². The van der Waals surface area contributed by atoms with Crippen LogP contribution < -0.4 is 14.4 Å². The zero-order chi connectivity index (χ0) is 21.8. The lowest BCUT2D eigenvalue weighted by atomic mass is 9.87. The number of likely N-dealkylation sites (tertiary alicyclic amines) is 1. The number of hydrogen-bond donors (Lipinski definition) is 0. The first-order chi connectivity index (χ1) is 15.8. The summed E-state index contributed by atoms with van der Waals surface area (Å²) < 4.78 is 11.4. The number of ether oxygens (including phenoxy) is 2. The third-order valence-electron chi connectivity index (χ3n) is 7.63. The molecule has 32 heavy (non-hydrogen) atoms. The molecule has 0 N–H and O–H groups in total. The molecule has 0 amide bonds. The van der Waals surface area contributed by atoms with Crippen molar-refractivity contribution in [2.24, 2.45) is 5.92 Å². The number of piperidine rings is 1. The monoisotopic (exact) mass is 435 g/mol. The average Bonchev–Trinajstić information content (AvgIpc) is 2.87. The van der Waals surface area contributed by atoms with Crippen molar-refractivity contribution in [3.63, 3.8) is 0 Å². The van der Waals surface area contributed by atoms with Crippen LogP contribution in [0.2, 0.25) is 0 Å². The van der Waals surface area contributed by atoms with E-state index >= 15 is 0 Å². The van der Waals surface area contributed by atoms with Crippen molar-refractivity contribution in [2.45, 2.75) is 51.4 Å². The first-order valence-electron chi connectivity index (χ1n) is 12.5. The zero-order valence-electron chi connectivity index (χ0n) is 19.5. The fourth-order valence-electron chi connectivity index (χ4n) is 5.61. The quantitative estimate of drug-likeness (QED) is 0.565. The molecule has 5 nitrogen and oxygen atoms in total. The summed E-state index contributed by atoms with van der Waals surface area (Å²) in [5, 5.41) is 1.11. The van der Waals surface area contributed by atoms with Gasteiger partial charge in [-0.3, -0.25) is 4.98 Å². The second-order valence-corrected chi connectivity index (χ2v) is 9.65. The molecule has 1 saturated carbocycles. The lowest BCUT2D eigenvalue weighted by molar-refractivity contribution is 0.220. The van der Waals surface area contributed by atoms with Crippen LogP contribution in [0.1, 0.15) is 51.4 Å². The highest BCUT2D eigenvalue weighted by molar-refractivity contribution is 5.96. The molecule has 2 aromatic rings. The molecule has 1 aromatic carbocycles. The molecule has 172 valence electrons. The number of anilines is 1. The predicted octanol–water partition coefficient (Wildman–Crippen LogP) is 5.43. The van der Waals surface area contributed by atoms with Gasteiger partial charge in [-0.2, -0.15) is 0 Å². The van der Waals surface area contributed by atoms with Gasteiger partial charge in [-0.15, -0.1) is 0 Å². The molecule has 3 heterocycles. The number of pyridine rings is 1. The molecule has 0 spiro atoms. The number of nitrogens with zero attached hydrogens (tertiary/aromatic N) is 3. The molecular formula is C27H37N3O2. The van der Waals surface area contributed by atoms with E-state index in [0.29, 0.717) is 6.61 Å². The molecular weight excluding hydrogens is 398 g/mol. The Morgan fingerprint density at radius 2 is 1.97 bits per heavy atom. The fraction of sp³-hybridized carbons (Fsp3) is 0.593. The van der Waals surface area contributed by atoms with Crippen LogP contribution in [0.5, 0.6) is 11.5 Å². The van der Waals surface area contributed by atoms with Gasteiger partial charge in [0.15, 0.2) is 5.75 Å². The zero-order valence-corrected chi connectivity index (χ0v) is 19.5. The summed E-state index contributed by atoms with van der Waals surface area (Å²) in [6, 6.07) is 6.09. The summed E-state index contributed by atoms with van der Waals surface area (Å²) in [6.45, 7) is 6.30. The van der Waals surface area contributed by atoms with E-state index in [9.17, 15) is 0 Å². The van der Waals surface area contributed by atoms with E-state index in [-0.39, 0.29) is 0 Å². The Hall–Kier alpha value is -2.27. The van der Waals surface area contributed by atoms with Gasteiger partial charge in [0, 0.05) is 25.0 Å². The molecule has 0 radical (unpaired) electrons. The highest BCUT2D eigenvalue weighted by Gasteiger charge is 2.22. The molecule has 5 rings (SSSR count). The van der Waals surface area contributed by atoms with Crippen LogP contribution in [0.4, 0.5) is 5.69 Å². The minimum absolute atomic E-state index is 0.711. The molecule has 5 heteroatoms. The Morgan fingerprint density at radius 1 is 1.12 bits per heavy atom. The molecule has 2 aliphatic heterocycles. The van der Waals surface area contributed by atoms with Crippen LogP contribution in [0.25, 0.3) is 10.9 Å². The van der Waals surface area contributed by atoms with Crippen LogP contribution >= 0.6 is 0 Å². The SMILES string of the molecule is COc1ccc2ncc3c(c2c1)N(CC=C1CCN(CCC2CCCCC2)CC1)CCO3. The van der Waals surface area contributed by atoms with Crippen molar-refractivity contribution in [3.05, 3.63) is 36.0 Å². The second kappa shape index (κ2) is 10.1. The van der Waals surface area contributed by atoms with Crippen molar-refractivity contribution in [3.8, 4) is 11.5 Å². The van der Waals surface area contributed by atoms with Gasteiger partial charge >= 0.3 is 0 Å². The van der Waals surface area contributed by atoms with Crippen molar-refractivity contribution in [1.82, 2.24) is 9.88 Å². The first kappa shape index (κ1) is 21.6. The summed E-state index contributed by atoms with van der Waals surface area (Å²) in [5.41, 5.74) is 3.75. The molecule has 1 aliphatic carbocycles. The van der Waals surface area contributed by atoms with E-state index in [4.69, 9.17) is 9.47 Å². The van der Waals surface area contributed by atoms with E-state index in [1.807, 2.05) is 18.3 Å². The summed E-state index contributed by atoms with van der Waals surface area (Å²) in [6.07, 6.45) is 15.5. The van der Waals surface area contributed by atoms with Gasteiger partial charge in [-0.25, -0.2) is 0 Å². The van der Waals surface area contributed by atoms with Crippen LogP contribution in [0.3, 0.4) is 0 Å². The lowest BCUT2D eigenvalue weighted by Crippen LogP contribution is -2.34. The Bertz CT molecular complexity index is 936. The van der Waals surface area contributed by atoms with E-state index in [1.54, 1.807) is 12.7 Å². The van der Waals surface area contributed by atoms with Crippen LogP contribution in [-0.4, -0.2) is 56.3 Å². The van der Waals surface area contributed by atoms with E-state index in [1.165, 1.54) is 71.0 Å². The van der Waals surface area contributed by atoms with Gasteiger partial charge < -0.3 is 19.3 Å². The maximum Gasteiger partial charge on any atom is 0.161 e. The number of benzene rings is 1. The van der Waals surface area contributed by atoms with Crippen molar-refractivity contribution in [1.29, 1.82) is 0 Å². The molecule has 3 aliphatic rings. The first-order valence-corrected chi connectivity index (χ1v) is 12.5. The van der Waals surface area contributed by atoms with E-state index < -0.39 is 0 Å². The normalized spacial score (nSPS) is 20.2. The van der Waals surface area contributed by atoms with Gasteiger partial charge in [-0.05, 0) is 49.9 Å². The Balaban J connectivity index is 1.21. The van der Waals surface area contributed by atoms with Gasteiger partial charge in [0.1, 0.15) is 12.4 Å². The topological polar surface area (TPSA) is 37.8 Å². The van der Waals surface area contributed by atoms with Crippen LogP contribution in [-0.2, 0) is 0 Å². The summed E-state index contributed by atoms with van der Waals surface area (Å²) in [4.78, 5) is 9.73.